The van der Waals surface area contributed by atoms with Crippen molar-refractivity contribution in [2.75, 3.05) is 5.32 Å². The molecule has 0 saturated heterocycles. The lowest BCUT2D eigenvalue weighted by atomic mass is 10.1. The summed E-state index contributed by atoms with van der Waals surface area (Å²) >= 11 is 7.41. The van der Waals surface area contributed by atoms with E-state index in [4.69, 9.17) is 11.6 Å². The molecule has 0 radical (unpaired) electrons. The molecular weight excluding hydrogens is 358 g/mol. The summed E-state index contributed by atoms with van der Waals surface area (Å²) in [5.41, 5.74) is 1.22. The highest BCUT2D eigenvalue weighted by Crippen LogP contribution is 2.33. The minimum Gasteiger partial charge on any atom is -0.331 e. The number of nitrogens with zero attached hydrogens (tertiary/aromatic N) is 3. The highest BCUT2D eigenvalue weighted by Gasteiger charge is 2.21. The van der Waals surface area contributed by atoms with Crippen molar-refractivity contribution in [1.82, 2.24) is 19.5 Å². The SMILES string of the molecule is O=C(Nc1ncc[nH]1)c1nc(-n2cccc2)sc1-c1ccc(Cl)cc1. The van der Waals surface area contributed by atoms with E-state index in [0.29, 0.717) is 21.8 Å². The van der Waals surface area contributed by atoms with Gasteiger partial charge in [-0.3, -0.25) is 10.1 Å². The van der Waals surface area contributed by atoms with E-state index in [9.17, 15) is 4.79 Å². The predicted octanol–water partition coefficient (Wildman–Crippen LogP) is 4.23. The van der Waals surface area contributed by atoms with Crippen LogP contribution >= 0.6 is 22.9 Å². The Kier molecular flexibility index (Phi) is 4.09. The Bertz CT molecular complexity index is 991. The van der Waals surface area contributed by atoms with Gasteiger partial charge in [0.25, 0.3) is 5.91 Å². The van der Waals surface area contributed by atoms with Crippen molar-refractivity contribution in [2.45, 2.75) is 0 Å². The van der Waals surface area contributed by atoms with Crippen molar-refractivity contribution in [3.63, 3.8) is 0 Å². The van der Waals surface area contributed by atoms with Gasteiger partial charge in [0.2, 0.25) is 5.95 Å². The molecule has 1 aromatic carbocycles. The van der Waals surface area contributed by atoms with E-state index in [1.807, 2.05) is 41.2 Å². The van der Waals surface area contributed by atoms with Crippen molar-refractivity contribution >= 4 is 34.8 Å². The van der Waals surface area contributed by atoms with Crippen molar-refractivity contribution in [2.24, 2.45) is 0 Å². The molecule has 3 heterocycles. The van der Waals surface area contributed by atoms with Crippen molar-refractivity contribution in [1.29, 1.82) is 0 Å². The summed E-state index contributed by atoms with van der Waals surface area (Å²) in [6.45, 7) is 0. The van der Waals surface area contributed by atoms with Crippen LogP contribution in [-0.2, 0) is 0 Å². The number of thiazole rings is 1. The molecule has 0 spiro atoms. The van der Waals surface area contributed by atoms with E-state index in [-0.39, 0.29) is 5.91 Å². The second-order valence-corrected chi connectivity index (χ2v) is 6.58. The molecule has 3 aromatic heterocycles. The fraction of sp³-hybridized carbons (Fsp3) is 0. The molecule has 0 aliphatic heterocycles. The lowest BCUT2D eigenvalue weighted by Gasteiger charge is -2.03. The Labute approximate surface area is 152 Å². The maximum absolute atomic E-state index is 12.7. The van der Waals surface area contributed by atoms with Gasteiger partial charge >= 0.3 is 0 Å². The Morgan fingerprint density at radius 1 is 1.20 bits per heavy atom. The van der Waals surface area contributed by atoms with Crippen LogP contribution in [0.1, 0.15) is 10.5 Å². The number of halogens is 1. The van der Waals surface area contributed by atoms with Crippen LogP contribution in [0.15, 0.2) is 61.2 Å². The number of imidazole rings is 1. The fourth-order valence-electron chi connectivity index (χ4n) is 2.33. The average Bonchev–Trinajstić information content (AvgIpc) is 3.36. The number of carbonyl (C=O) groups excluding carboxylic acids is 1. The number of rotatable bonds is 4. The number of H-pyrrole nitrogens is 1. The van der Waals surface area contributed by atoms with E-state index in [2.05, 4.69) is 20.3 Å². The van der Waals surface area contributed by atoms with Crippen molar-refractivity contribution in [3.8, 4) is 15.6 Å². The predicted molar refractivity (Wildman–Crippen MR) is 98.4 cm³/mol. The molecule has 2 N–H and O–H groups in total. The minimum absolute atomic E-state index is 0.324. The van der Waals surface area contributed by atoms with Gasteiger partial charge < -0.3 is 9.55 Å². The van der Waals surface area contributed by atoms with Gasteiger partial charge in [0, 0.05) is 29.8 Å². The molecule has 0 aliphatic carbocycles. The standard InChI is InChI=1S/C17H12ClN5OS/c18-12-5-3-11(4-6-12)14-13(15(24)22-16-19-7-8-20-16)21-17(25-14)23-9-1-2-10-23/h1-10H,(H2,19,20,22,24). The number of hydrogen-bond donors (Lipinski definition) is 2. The van der Waals surface area contributed by atoms with E-state index >= 15 is 0 Å². The van der Waals surface area contributed by atoms with Gasteiger partial charge in [0.15, 0.2) is 5.13 Å². The summed E-state index contributed by atoms with van der Waals surface area (Å²) < 4.78 is 1.87. The molecule has 124 valence electrons. The summed E-state index contributed by atoms with van der Waals surface area (Å²) in [6.07, 6.45) is 6.99. The highest BCUT2D eigenvalue weighted by molar-refractivity contribution is 7.17. The molecule has 8 heteroatoms. The summed E-state index contributed by atoms with van der Waals surface area (Å²) in [7, 11) is 0. The first kappa shape index (κ1) is 15.6. The summed E-state index contributed by atoms with van der Waals surface area (Å²) in [4.78, 5) is 24.9. The summed E-state index contributed by atoms with van der Waals surface area (Å²) in [6, 6.07) is 11.1. The maximum Gasteiger partial charge on any atom is 0.278 e. The Morgan fingerprint density at radius 3 is 2.64 bits per heavy atom. The van der Waals surface area contributed by atoms with Crippen LogP contribution in [-0.4, -0.2) is 25.4 Å². The van der Waals surface area contributed by atoms with E-state index in [1.54, 1.807) is 24.5 Å². The van der Waals surface area contributed by atoms with Gasteiger partial charge in [-0.2, -0.15) is 0 Å². The third-order valence-corrected chi connectivity index (χ3v) is 4.86. The van der Waals surface area contributed by atoms with Crippen LogP contribution in [0.5, 0.6) is 0 Å². The third kappa shape index (κ3) is 3.19. The average molecular weight is 370 g/mol. The number of aromatic amines is 1. The lowest BCUT2D eigenvalue weighted by Crippen LogP contribution is -2.14. The number of anilines is 1. The minimum atomic E-state index is -0.324. The number of aromatic nitrogens is 4. The third-order valence-electron chi connectivity index (χ3n) is 3.49. The second kappa shape index (κ2) is 6.54. The molecule has 1 amide bonds. The van der Waals surface area contributed by atoms with E-state index in [1.165, 1.54) is 11.3 Å². The number of nitrogens with one attached hydrogen (secondary N) is 2. The van der Waals surface area contributed by atoms with Gasteiger partial charge in [-0.25, -0.2) is 9.97 Å². The quantitative estimate of drug-likeness (QED) is 0.565. The van der Waals surface area contributed by atoms with Crippen LogP contribution in [0.4, 0.5) is 5.95 Å². The molecule has 4 aromatic rings. The fourth-order valence-corrected chi connectivity index (χ4v) is 3.49. The molecule has 4 rings (SSSR count). The first-order chi connectivity index (χ1) is 12.2. The molecule has 0 fully saturated rings. The van der Waals surface area contributed by atoms with Gasteiger partial charge in [-0.15, -0.1) is 0 Å². The Morgan fingerprint density at radius 2 is 1.96 bits per heavy atom. The molecule has 0 unspecified atom stereocenters. The van der Waals surface area contributed by atoms with Gasteiger partial charge in [0.05, 0.1) is 4.88 Å². The van der Waals surface area contributed by atoms with Crippen LogP contribution in [0.3, 0.4) is 0 Å². The highest BCUT2D eigenvalue weighted by atomic mass is 35.5. The molecular formula is C17H12ClN5OS. The molecule has 0 aliphatic rings. The van der Waals surface area contributed by atoms with Crippen molar-refractivity contribution in [3.05, 3.63) is 71.9 Å². The number of carbonyl (C=O) groups is 1. The zero-order chi connectivity index (χ0) is 17.2. The van der Waals surface area contributed by atoms with Crippen LogP contribution in [0, 0.1) is 0 Å². The maximum atomic E-state index is 12.7. The number of benzene rings is 1. The Balaban J connectivity index is 1.77. The topological polar surface area (TPSA) is 75.6 Å². The van der Waals surface area contributed by atoms with Gasteiger partial charge in [0.1, 0.15) is 5.69 Å². The molecule has 0 atom stereocenters. The monoisotopic (exact) mass is 369 g/mol. The second-order valence-electron chi connectivity index (χ2n) is 5.16. The zero-order valence-electron chi connectivity index (χ0n) is 12.8. The summed E-state index contributed by atoms with van der Waals surface area (Å²) in [5.74, 6) is 0.0529. The molecule has 0 bridgehead atoms. The summed E-state index contributed by atoms with van der Waals surface area (Å²) in [5, 5.41) is 4.07. The Hall–Kier alpha value is -2.90. The smallest absolute Gasteiger partial charge is 0.278 e. The van der Waals surface area contributed by atoms with Crippen LogP contribution < -0.4 is 5.32 Å². The van der Waals surface area contributed by atoms with E-state index < -0.39 is 0 Å². The number of amides is 1. The number of hydrogen-bond acceptors (Lipinski definition) is 4. The van der Waals surface area contributed by atoms with E-state index in [0.717, 1.165) is 10.4 Å². The lowest BCUT2D eigenvalue weighted by molar-refractivity contribution is 0.102. The molecule has 0 saturated carbocycles. The molecule has 25 heavy (non-hydrogen) atoms. The van der Waals surface area contributed by atoms with Gasteiger partial charge in [-0.05, 0) is 29.8 Å². The normalized spacial score (nSPS) is 10.8. The first-order valence-electron chi connectivity index (χ1n) is 7.41. The zero-order valence-corrected chi connectivity index (χ0v) is 14.4. The van der Waals surface area contributed by atoms with Crippen molar-refractivity contribution < 1.29 is 4.79 Å². The van der Waals surface area contributed by atoms with Crippen LogP contribution in [0.2, 0.25) is 5.02 Å². The van der Waals surface area contributed by atoms with Crippen LogP contribution in [0.25, 0.3) is 15.6 Å². The first-order valence-corrected chi connectivity index (χ1v) is 8.61. The molecule has 6 nitrogen and oxygen atoms in total. The largest absolute Gasteiger partial charge is 0.331 e. The van der Waals surface area contributed by atoms with Gasteiger partial charge in [-0.1, -0.05) is 35.1 Å².